The molecule has 0 radical (unpaired) electrons. The van der Waals surface area contributed by atoms with E-state index in [1.54, 1.807) is 6.92 Å². The van der Waals surface area contributed by atoms with Crippen LogP contribution in [0.1, 0.15) is 26.3 Å². The maximum atomic E-state index is 10.5. The van der Waals surface area contributed by atoms with Crippen molar-refractivity contribution in [2.45, 2.75) is 45.1 Å². The molecule has 7 nitrogen and oxygen atoms in total. The minimum Gasteiger partial charge on any atom is -0.480 e. The Balaban J connectivity index is 0.000000534. The smallest absolute Gasteiger partial charge is 0.323 e. The van der Waals surface area contributed by atoms with E-state index in [2.05, 4.69) is 0 Å². The maximum Gasteiger partial charge on any atom is 0.323 e. The Hall–Kier alpha value is -1.96. The lowest BCUT2D eigenvalue weighted by Gasteiger charge is -2.16. The zero-order valence-corrected chi connectivity index (χ0v) is 13.0. The molecule has 7 heteroatoms. The fourth-order valence-electron chi connectivity index (χ4n) is 1.11. The van der Waals surface area contributed by atoms with Gasteiger partial charge in [0.1, 0.15) is 11.6 Å². The van der Waals surface area contributed by atoms with Crippen molar-refractivity contribution in [3.05, 3.63) is 35.9 Å². The average Bonchev–Trinajstić information content (AvgIpc) is 2.44. The summed E-state index contributed by atoms with van der Waals surface area (Å²) < 4.78 is 5.35. The third kappa shape index (κ3) is 8.35. The second-order valence-corrected chi connectivity index (χ2v) is 5.39. The van der Waals surface area contributed by atoms with Gasteiger partial charge < -0.3 is 26.4 Å². The summed E-state index contributed by atoms with van der Waals surface area (Å²) in [6, 6.07) is 8.57. The molecule has 0 aliphatic rings. The van der Waals surface area contributed by atoms with Gasteiger partial charge >= 0.3 is 11.9 Å². The Morgan fingerprint density at radius 3 is 2.05 bits per heavy atom. The highest BCUT2D eigenvalue weighted by atomic mass is 16.5. The van der Waals surface area contributed by atoms with Crippen molar-refractivity contribution in [3.8, 4) is 0 Å². The van der Waals surface area contributed by atoms with E-state index in [9.17, 15) is 9.59 Å². The Labute approximate surface area is 129 Å². The Morgan fingerprint density at radius 1 is 1.23 bits per heavy atom. The molecule has 0 saturated heterocycles. The van der Waals surface area contributed by atoms with Crippen LogP contribution in [0.5, 0.6) is 0 Å². The summed E-state index contributed by atoms with van der Waals surface area (Å²) in [6.45, 7) is 4.91. The molecule has 0 unspecified atom stereocenters. The van der Waals surface area contributed by atoms with Crippen molar-refractivity contribution in [2.24, 2.45) is 11.5 Å². The normalized spacial score (nSPS) is 13.5. The molecule has 0 aromatic heterocycles. The van der Waals surface area contributed by atoms with Crippen molar-refractivity contribution in [1.29, 1.82) is 0 Å². The summed E-state index contributed by atoms with van der Waals surface area (Å²) in [5, 5.41) is 16.8. The van der Waals surface area contributed by atoms with Gasteiger partial charge in [-0.05, 0) is 26.3 Å². The maximum absolute atomic E-state index is 10.5. The minimum absolute atomic E-state index is 0.378. The van der Waals surface area contributed by atoms with E-state index in [0.717, 1.165) is 5.56 Å². The van der Waals surface area contributed by atoms with Crippen molar-refractivity contribution in [1.82, 2.24) is 0 Å². The second-order valence-electron chi connectivity index (χ2n) is 5.39. The van der Waals surface area contributed by atoms with Crippen LogP contribution >= 0.6 is 0 Å². The third-order valence-corrected chi connectivity index (χ3v) is 2.70. The molecular formula is C15H24N2O5. The highest BCUT2D eigenvalue weighted by Crippen LogP contribution is 2.05. The predicted molar refractivity (Wildman–Crippen MR) is 82.2 cm³/mol. The number of carboxylic acids is 2. The van der Waals surface area contributed by atoms with E-state index in [4.69, 9.17) is 26.4 Å². The largest absolute Gasteiger partial charge is 0.480 e. The van der Waals surface area contributed by atoms with Gasteiger partial charge in [0.25, 0.3) is 0 Å². The van der Waals surface area contributed by atoms with Crippen molar-refractivity contribution >= 4 is 11.9 Å². The Morgan fingerprint density at radius 2 is 1.68 bits per heavy atom. The number of benzene rings is 1. The molecule has 124 valence electrons. The molecule has 0 bridgehead atoms. The van der Waals surface area contributed by atoms with E-state index in [-0.39, 0.29) is 0 Å². The quantitative estimate of drug-likeness (QED) is 0.610. The van der Waals surface area contributed by atoms with Gasteiger partial charge in [0.15, 0.2) is 0 Å². The summed E-state index contributed by atoms with van der Waals surface area (Å²) in [4.78, 5) is 20.4. The summed E-state index contributed by atoms with van der Waals surface area (Å²) in [6.07, 6.45) is -0.497. The van der Waals surface area contributed by atoms with Crippen LogP contribution in [0.3, 0.4) is 0 Å². The fraction of sp³-hybridized carbons (Fsp3) is 0.467. The topological polar surface area (TPSA) is 136 Å². The molecule has 1 aromatic rings. The van der Waals surface area contributed by atoms with Gasteiger partial charge in [-0.3, -0.25) is 9.59 Å². The first kappa shape index (κ1) is 20.0. The number of aliphatic carboxylic acids is 2. The number of carboxylic acid groups (broad SMARTS) is 2. The molecular weight excluding hydrogens is 288 g/mol. The molecule has 1 rings (SSSR count). The molecule has 1 aromatic carbocycles. The van der Waals surface area contributed by atoms with Crippen molar-refractivity contribution < 1.29 is 24.5 Å². The zero-order valence-electron chi connectivity index (χ0n) is 13.0. The lowest BCUT2D eigenvalue weighted by Crippen LogP contribution is -2.41. The van der Waals surface area contributed by atoms with Crippen LogP contribution in [-0.4, -0.2) is 39.8 Å². The van der Waals surface area contributed by atoms with Gasteiger partial charge in [-0.1, -0.05) is 30.3 Å². The first-order valence-corrected chi connectivity index (χ1v) is 6.72. The van der Waals surface area contributed by atoms with E-state index >= 15 is 0 Å². The van der Waals surface area contributed by atoms with E-state index in [0.29, 0.717) is 6.61 Å². The molecule has 0 fully saturated rings. The van der Waals surface area contributed by atoms with Gasteiger partial charge in [-0.2, -0.15) is 0 Å². The van der Waals surface area contributed by atoms with E-state index in [1.165, 1.54) is 13.8 Å². The van der Waals surface area contributed by atoms with E-state index < -0.39 is 29.6 Å². The molecule has 0 amide bonds. The molecule has 0 spiro atoms. The lowest BCUT2D eigenvalue weighted by atomic mass is 10.1. The number of hydrogen-bond acceptors (Lipinski definition) is 5. The van der Waals surface area contributed by atoms with Crippen LogP contribution in [0, 0.1) is 0 Å². The van der Waals surface area contributed by atoms with Gasteiger partial charge in [-0.25, -0.2) is 0 Å². The third-order valence-electron chi connectivity index (χ3n) is 2.70. The van der Waals surface area contributed by atoms with Crippen molar-refractivity contribution in [3.63, 3.8) is 0 Å². The molecule has 0 saturated carbocycles. The minimum atomic E-state index is -1.08. The molecule has 0 aliphatic heterocycles. The van der Waals surface area contributed by atoms with Gasteiger partial charge in [0.05, 0.1) is 12.7 Å². The molecule has 0 heterocycles. The predicted octanol–water partition coefficient (Wildman–Crippen LogP) is 0.812. The van der Waals surface area contributed by atoms with Crippen LogP contribution in [-0.2, 0) is 20.9 Å². The molecule has 0 aliphatic carbocycles. The molecule has 2 atom stereocenters. The number of carbonyl (C=O) groups is 2. The van der Waals surface area contributed by atoms with E-state index in [1.807, 2.05) is 30.3 Å². The van der Waals surface area contributed by atoms with Crippen LogP contribution in [0.25, 0.3) is 0 Å². The van der Waals surface area contributed by atoms with Crippen LogP contribution < -0.4 is 11.5 Å². The van der Waals surface area contributed by atoms with Gasteiger partial charge in [0.2, 0.25) is 0 Å². The monoisotopic (exact) mass is 312 g/mol. The summed E-state index contributed by atoms with van der Waals surface area (Å²) in [5.41, 5.74) is 10.4. The van der Waals surface area contributed by atoms with Crippen LogP contribution in [0.2, 0.25) is 0 Å². The summed E-state index contributed by atoms with van der Waals surface area (Å²) >= 11 is 0. The Kier molecular flexibility index (Phi) is 8.32. The molecule has 22 heavy (non-hydrogen) atoms. The Bertz CT molecular complexity index is 471. The fourth-order valence-corrected chi connectivity index (χ4v) is 1.11. The second kappa shape index (κ2) is 9.14. The standard InChI is InChI=1S/C11H15NO3.C4H9NO2/c1-8(10(12)11(13)14)15-7-9-5-3-2-4-6-9;1-4(2,5)3(6)7/h2-6,8,10H,7,12H2,1H3,(H,13,14);5H2,1-2H3,(H,6,7)/t8-,10+;/m1./s1. The SMILES string of the molecule is CC(C)(N)C(=O)O.C[C@@H](OCc1ccccc1)[C@H](N)C(=O)O. The highest BCUT2D eigenvalue weighted by Gasteiger charge is 2.20. The highest BCUT2D eigenvalue weighted by molar-refractivity contribution is 5.77. The number of rotatable bonds is 6. The lowest BCUT2D eigenvalue weighted by molar-refractivity contribution is -0.143. The van der Waals surface area contributed by atoms with Gasteiger partial charge in [0, 0.05) is 0 Å². The summed E-state index contributed by atoms with van der Waals surface area (Å²) in [5.74, 6) is -2.02. The first-order chi connectivity index (χ1) is 10.1. The summed E-state index contributed by atoms with van der Waals surface area (Å²) in [7, 11) is 0. The average molecular weight is 312 g/mol. The number of hydrogen-bond donors (Lipinski definition) is 4. The zero-order chi connectivity index (χ0) is 17.3. The number of ether oxygens (including phenoxy) is 1. The molecule has 6 N–H and O–H groups in total. The van der Waals surface area contributed by atoms with Crippen LogP contribution in [0.4, 0.5) is 0 Å². The first-order valence-electron chi connectivity index (χ1n) is 6.72. The van der Waals surface area contributed by atoms with Crippen LogP contribution in [0.15, 0.2) is 30.3 Å². The van der Waals surface area contributed by atoms with Crippen molar-refractivity contribution in [2.75, 3.05) is 0 Å². The van der Waals surface area contributed by atoms with Gasteiger partial charge in [-0.15, -0.1) is 0 Å². The number of nitrogens with two attached hydrogens (primary N) is 2.